The second-order valence-electron chi connectivity index (χ2n) is 5.51. The molecule has 0 saturated carbocycles. The summed E-state index contributed by atoms with van der Waals surface area (Å²) in [5.41, 5.74) is 0.982. The van der Waals surface area contributed by atoms with Gasteiger partial charge in [-0.2, -0.15) is 4.31 Å². The number of aromatic nitrogens is 2. The average molecular weight is 333 g/mol. The minimum atomic E-state index is -3.52. The summed E-state index contributed by atoms with van der Waals surface area (Å²) in [5, 5.41) is 0.0972. The quantitative estimate of drug-likeness (QED) is 0.856. The van der Waals surface area contributed by atoms with Crippen LogP contribution in [0.3, 0.4) is 0 Å². The third kappa shape index (κ3) is 3.51. The molecule has 3 rings (SSSR count). The number of hydrogen-bond donors (Lipinski definition) is 0. The number of pyridine rings is 2. The largest absolute Gasteiger partial charge is 0.474 e. The Hall–Kier alpha value is -1.99. The Bertz CT molecular complexity index is 757. The fraction of sp³-hybridized carbons (Fsp3) is 0.375. The summed E-state index contributed by atoms with van der Waals surface area (Å²) in [4.78, 5) is 8.18. The van der Waals surface area contributed by atoms with Crippen molar-refractivity contribution in [3.05, 3.63) is 48.3 Å². The lowest BCUT2D eigenvalue weighted by Crippen LogP contribution is -2.42. The molecule has 0 aromatic carbocycles. The zero-order valence-electron chi connectivity index (χ0n) is 12.9. The molecule has 0 unspecified atom stereocenters. The number of hydrogen-bond acceptors (Lipinski definition) is 5. The van der Waals surface area contributed by atoms with Crippen LogP contribution < -0.4 is 4.74 Å². The van der Waals surface area contributed by atoms with Crippen molar-refractivity contribution in [1.82, 2.24) is 14.3 Å². The monoisotopic (exact) mass is 333 g/mol. The fourth-order valence-electron chi connectivity index (χ4n) is 2.57. The van der Waals surface area contributed by atoms with E-state index in [-0.39, 0.29) is 11.1 Å². The lowest BCUT2D eigenvalue weighted by molar-refractivity contribution is 0.129. The fourth-order valence-corrected chi connectivity index (χ4v) is 3.98. The predicted octanol–water partition coefficient (Wildman–Crippen LogP) is 2.02. The van der Waals surface area contributed by atoms with Crippen LogP contribution in [0.5, 0.6) is 5.88 Å². The first-order valence-electron chi connectivity index (χ1n) is 7.57. The van der Waals surface area contributed by atoms with Crippen LogP contribution in [0.25, 0.3) is 0 Å². The van der Waals surface area contributed by atoms with Crippen LogP contribution in [0.15, 0.2) is 47.8 Å². The van der Waals surface area contributed by atoms with Crippen molar-refractivity contribution in [2.45, 2.75) is 30.9 Å². The van der Waals surface area contributed by atoms with Gasteiger partial charge in [-0.25, -0.2) is 18.4 Å². The first-order chi connectivity index (χ1) is 11.1. The van der Waals surface area contributed by atoms with Crippen LogP contribution in [-0.4, -0.2) is 41.9 Å². The highest BCUT2D eigenvalue weighted by Gasteiger charge is 2.31. The van der Waals surface area contributed by atoms with Crippen molar-refractivity contribution in [1.29, 1.82) is 0 Å². The molecule has 2 aromatic rings. The highest BCUT2D eigenvalue weighted by molar-refractivity contribution is 7.89. The molecule has 0 atom stereocenters. The molecule has 0 N–H and O–H groups in total. The van der Waals surface area contributed by atoms with Crippen molar-refractivity contribution >= 4 is 10.0 Å². The second-order valence-corrected chi connectivity index (χ2v) is 7.40. The Morgan fingerprint density at radius 2 is 1.83 bits per heavy atom. The summed E-state index contributed by atoms with van der Waals surface area (Å²) < 4.78 is 32.4. The van der Waals surface area contributed by atoms with E-state index < -0.39 is 10.0 Å². The molecule has 7 heteroatoms. The standard InChI is InChI=1S/C16H19N3O3S/c1-13-5-4-10-18-16(13)22-14-7-11-19(12-8-14)23(20,21)15-6-2-3-9-17-15/h2-6,9-10,14H,7-8,11-12H2,1H3. The molecule has 1 saturated heterocycles. The Kier molecular flexibility index (Phi) is 4.58. The Labute approximate surface area is 136 Å². The zero-order valence-corrected chi connectivity index (χ0v) is 13.7. The van der Waals surface area contributed by atoms with Gasteiger partial charge in [-0.3, -0.25) is 0 Å². The summed E-state index contributed by atoms with van der Waals surface area (Å²) in [6.45, 7) is 2.80. The molecule has 1 aliphatic rings. The summed E-state index contributed by atoms with van der Waals surface area (Å²) in [6.07, 6.45) is 4.46. The first-order valence-corrected chi connectivity index (χ1v) is 9.01. The summed E-state index contributed by atoms with van der Waals surface area (Å²) >= 11 is 0. The van der Waals surface area contributed by atoms with E-state index in [2.05, 4.69) is 9.97 Å². The summed E-state index contributed by atoms with van der Waals surface area (Å²) in [6, 6.07) is 8.72. The van der Waals surface area contributed by atoms with E-state index in [0.29, 0.717) is 31.8 Å². The maximum Gasteiger partial charge on any atom is 0.260 e. The van der Waals surface area contributed by atoms with E-state index in [0.717, 1.165) is 5.56 Å². The normalized spacial score (nSPS) is 17.1. The molecular formula is C16H19N3O3S. The molecule has 0 amide bonds. The van der Waals surface area contributed by atoms with Gasteiger partial charge in [0, 0.05) is 31.0 Å². The topological polar surface area (TPSA) is 72.4 Å². The second kappa shape index (κ2) is 6.64. The van der Waals surface area contributed by atoms with Crippen molar-refractivity contribution in [3.8, 4) is 5.88 Å². The van der Waals surface area contributed by atoms with Crippen LogP contribution >= 0.6 is 0 Å². The van der Waals surface area contributed by atoms with Gasteiger partial charge in [0.2, 0.25) is 5.88 Å². The molecule has 0 aliphatic carbocycles. The first kappa shape index (κ1) is 15.9. The Morgan fingerprint density at radius 1 is 1.09 bits per heavy atom. The van der Waals surface area contributed by atoms with Crippen LogP contribution in [0.2, 0.25) is 0 Å². The lowest BCUT2D eigenvalue weighted by atomic mass is 10.1. The maximum absolute atomic E-state index is 12.5. The van der Waals surface area contributed by atoms with Crippen molar-refractivity contribution < 1.29 is 13.2 Å². The Balaban J connectivity index is 1.64. The van der Waals surface area contributed by atoms with Gasteiger partial charge in [-0.1, -0.05) is 12.1 Å². The molecule has 23 heavy (non-hydrogen) atoms. The van der Waals surface area contributed by atoms with Crippen LogP contribution in [0.1, 0.15) is 18.4 Å². The summed E-state index contributed by atoms with van der Waals surface area (Å²) in [7, 11) is -3.52. The van der Waals surface area contributed by atoms with E-state index in [1.807, 2.05) is 19.1 Å². The molecule has 1 fully saturated rings. The lowest BCUT2D eigenvalue weighted by Gasteiger charge is -2.31. The van der Waals surface area contributed by atoms with Crippen LogP contribution in [0, 0.1) is 6.92 Å². The molecule has 3 heterocycles. The van der Waals surface area contributed by atoms with E-state index in [4.69, 9.17) is 4.74 Å². The van der Waals surface area contributed by atoms with Crippen molar-refractivity contribution in [2.24, 2.45) is 0 Å². The van der Waals surface area contributed by atoms with E-state index in [1.165, 1.54) is 16.6 Å². The third-order valence-corrected chi connectivity index (χ3v) is 5.70. The van der Waals surface area contributed by atoms with Crippen LogP contribution in [-0.2, 0) is 10.0 Å². The molecular weight excluding hydrogens is 314 g/mol. The number of ether oxygens (including phenoxy) is 1. The van der Waals surface area contributed by atoms with Gasteiger partial charge >= 0.3 is 0 Å². The predicted molar refractivity (Wildman–Crippen MR) is 85.6 cm³/mol. The minimum Gasteiger partial charge on any atom is -0.474 e. The third-order valence-electron chi connectivity index (χ3n) is 3.88. The molecule has 0 radical (unpaired) electrons. The number of rotatable bonds is 4. The smallest absolute Gasteiger partial charge is 0.260 e. The maximum atomic E-state index is 12.5. The van der Waals surface area contributed by atoms with E-state index in [1.54, 1.807) is 18.3 Å². The van der Waals surface area contributed by atoms with E-state index >= 15 is 0 Å². The summed E-state index contributed by atoms with van der Waals surface area (Å²) in [5.74, 6) is 0.624. The molecule has 0 spiro atoms. The van der Waals surface area contributed by atoms with Gasteiger partial charge < -0.3 is 4.74 Å². The average Bonchev–Trinajstić information content (AvgIpc) is 2.58. The van der Waals surface area contributed by atoms with Gasteiger partial charge in [0.15, 0.2) is 5.03 Å². The number of sulfonamides is 1. The van der Waals surface area contributed by atoms with Gasteiger partial charge in [0.1, 0.15) is 6.10 Å². The highest BCUT2D eigenvalue weighted by Crippen LogP contribution is 2.23. The van der Waals surface area contributed by atoms with E-state index in [9.17, 15) is 8.42 Å². The van der Waals surface area contributed by atoms with Gasteiger partial charge in [-0.15, -0.1) is 0 Å². The molecule has 122 valence electrons. The molecule has 6 nitrogen and oxygen atoms in total. The van der Waals surface area contributed by atoms with Gasteiger partial charge in [0.25, 0.3) is 10.0 Å². The van der Waals surface area contributed by atoms with Crippen molar-refractivity contribution in [3.63, 3.8) is 0 Å². The van der Waals surface area contributed by atoms with Crippen LogP contribution in [0.4, 0.5) is 0 Å². The number of aryl methyl sites for hydroxylation is 1. The molecule has 2 aromatic heterocycles. The molecule has 0 bridgehead atoms. The Morgan fingerprint density at radius 3 is 2.48 bits per heavy atom. The minimum absolute atomic E-state index is 0.0150. The number of piperidine rings is 1. The molecule has 1 aliphatic heterocycles. The van der Waals surface area contributed by atoms with Gasteiger partial charge in [-0.05, 0) is 38.0 Å². The highest BCUT2D eigenvalue weighted by atomic mass is 32.2. The zero-order chi connectivity index (χ0) is 16.3. The van der Waals surface area contributed by atoms with Crippen molar-refractivity contribution in [2.75, 3.05) is 13.1 Å². The SMILES string of the molecule is Cc1cccnc1OC1CCN(S(=O)(=O)c2ccccn2)CC1. The number of nitrogens with zero attached hydrogens (tertiary/aromatic N) is 3. The van der Waals surface area contributed by atoms with Gasteiger partial charge in [0.05, 0.1) is 0 Å².